The lowest BCUT2D eigenvalue weighted by Crippen LogP contribution is -2.43. The van der Waals surface area contributed by atoms with Gasteiger partial charge in [0.15, 0.2) is 11.6 Å². The van der Waals surface area contributed by atoms with Gasteiger partial charge in [-0.1, -0.05) is 11.6 Å². The Bertz CT molecular complexity index is 826. The van der Waals surface area contributed by atoms with E-state index in [1.54, 1.807) is 7.05 Å². The molecule has 3 rings (SSSR count). The van der Waals surface area contributed by atoms with Crippen LogP contribution in [0.15, 0.2) is 18.2 Å². The molecule has 1 amide bonds. The predicted molar refractivity (Wildman–Crippen MR) is 90.6 cm³/mol. The maximum atomic E-state index is 13.3. The lowest BCUT2D eigenvalue weighted by Gasteiger charge is -2.35. The van der Waals surface area contributed by atoms with Gasteiger partial charge in [0, 0.05) is 25.1 Å². The summed E-state index contributed by atoms with van der Waals surface area (Å²) in [5.74, 6) is -1.79. The lowest BCUT2D eigenvalue weighted by atomic mass is 9.78. The summed E-state index contributed by atoms with van der Waals surface area (Å²) in [7, 11) is 1.74. The summed E-state index contributed by atoms with van der Waals surface area (Å²) < 4.78 is 26.4. The van der Waals surface area contributed by atoms with E-state index in [0.717, 1.165) is 17.8 Å². The third kappa shape index (κ3) is 3.63. The fraction of sp³-hybridized carbons (Fsp3) is 0.312. The molecule has 1 aromatic carbocycles. The van der Waals surface area contributed by atoms with Crippen molar-refractivity contribution in [2.24, 2.45) is 0 Å². The van der Waals surface area contributed by atoms with Gasteiger partial charge in [-0.25, -0.2) is 13.8 Å². The summed E-state index contributed by atoms with van der Waals surface area (Å²) >= 11 is 5.81. The van der Waals surface area contributed by atoms with Gasteiger partial charge in [0.25, 0.3) is 5.91 Å². The van der Waals surface area contributed by atoms with E-state index in [1.807, 2.05) is 6.07 Å². The van der Waals surface area contributed by atoms with E-state index in [2.05, 4.69) is 20.6 Å². The third-order valence-corrected chi connectivity index (χ3v) is 4.48. The van der Waals surface area contributed by atoms with Crippen molar-refractivity contribution in [2.75, 3.05) is 18.1 Å². The maximum absolute atomic E-state index is 13.3. The summed E-state index contributed by atoms with van der Waals surface area (Å²) in [5, 5.41) is 5.54. The van der Waals surface area contributed by atoms with Crippen molar-refractivity contribution in [2.45, 2.75) is 24.8 Å². The number of nitrogens with zero attached hydrogens (tertiary/aromatic N) is 2. The van der Waals surface area contributed by atoms with Gasteiger partial charge >= 0.3 is 0 Å². The smallest absolute Gasteiger partial charge is 0.253 e. The highest BCUT2D eigenvalue weighted by Crippen LogP contribution is 2.37. The van der Waals surface area contributed by atoms with Gasteiger partial charge in [0.1, 0.15) is 5.82 Å². The first kappa shape index (κ1) is 17.3. The molecule has 0 atom stereocenters. The van der Waals surface area contributed by atoms with Gasteiger partial charge in [-0.15, -0.1) is 0 Å². The molecule has 0 bridgehead atoms. The molecule has 1 aromatic heterocycles. The van der Waals surface area contributed by atoms with Gasteiger partial charge < -0.3 is 16.4 Å². The van der Waals surface area contributed by atoms with E-state index in [9.17, 15) is 13.6 Å². The molecule has 2 aromatic rings. The van der Waals surface area contributed by atoms with E-state index < -0.39 is 17.5 Å². The zero-order valence-corrected chi connectivity index (χ0v) is 14.1. The summed E-state index contributed by atoms with van der Waals surface area (Å²) in [4.78, 5) is 20.4. The first-order valence-electron chi connectivity index (χ1n) is 7.65. The van der Waals surface area contributed by atoms with E-state index in [1.165, 1.54) is 0 Å². The van der Waals surface area contributed by atoms with E-state index in [4.69, 9.17) is 17.3 Å². The average molecular weight is 368 g/mol. The molecule has 0 radical (unpaired) electrons. The highest BCUT2D eigenvalue weighted by molar-refractivity contribution is 6.33. The standard InChI is InChI=1S/C16H16ClF2N5O/c1-21-14-6-13(23-16(20)24-14)7-2-8(3-7)22-15(25)9-4-11(18)12(19)5-10(9)17/h4-8H,2-3H2,1H3,(H,22,25)(H3,20,21,23,24). The quantitative estimate of drug-likeness (QED) is 0.722. The summed E-state index contributed by atoms with van der Waals surface area (Å²) in [5.41, 5.74) is 6.38. The van der Waals surface area contributed by atoms with E-state index >= 15 is 0 Å². The van der Waals surface area contributed by atoms with Gasteiger partial charge in [-0.2, -0.15) is 4.98 Å². The summed E-state index contributed by atoms with van der Waals surface area (Å²) in [6.07, 6.45) is 1.32. The minimum Gasteiger partial charge on any atom is -0.373 e. The fourth-order valence-corrected chi connectivity index (χ4v) is 3.00. The number of benzene rings is 1. The Morgan fingerprint density at radius 3 is 2.60 bits per heavy atom. The van der Waals surface area contributed by atoms with Crippen LogP contribution in [0.4, 0.5) is 20.5 Å². The number of anilines is 2. The topological polar surface area (TPSA) is 92.9 Å². The van der Waals surface area contributed by atoms with Gasteiger partial charge in [-0.3, -0.25) is 4.79 Å². The van der Waals surface area contributed by atoms with Crippen molar-refractivity contribution >= 4 is 29.3 Å². The van der Waals surface area contributed by atoms with Gasteiger partial charge in [0.2, 0.25) is 5.95 Å². The molecule has 1 aliphatic carbocycles. The molecule has 0 unspecified atom stereocenters. The van der Waals surface area contributed by atoms with Crippen LogP contribution in [0.25, 0.3) is 0 Å². The minimum absolute atomic E-state index is 0.0900. The molecular formula is C16H16ClF2N5O. The number of aromatic nitrogens is 2. The van der Waals surface area contributed by atoms with Gasteiger partial charge in [0.05, 0.1) is 16.3 Å². The molecule has 0 spiro atoms. The SMILES string of the molecule is CNc1cc(C2CC(NC(=O)c3cc(F)c(F)cc3Cl)C2)nc(N)n1. The molecule has 9 heteroatoms. The Kier molecular flexibility index (Phi) is 4.71. The number of hydrogen-bond donors (Lipinski definition) is 3. The number of halogens is 3. The van der Waals surface area contributed by atoms with Crippen molar-refractivity contribution < 1.29 is 13.6 Å². The van der Waals surface area contributed by atoms with Crippen molar-refractivity contribution in [1.29, 1.82) is 0 Å². The minimum atomic E-state index is -1.11. The number of carbonyl (C=O) groups is 1. The number of nitrogens with one attached hydrogen (secondary N) is 2. The van der Waals surface area contributed by atoms with Crippen LogP contribution in [0.3, 0.4) is 0 Å². The second-order valence-corrected chi connectivity index (χ2v) is 6.28. The molecule has 0 saturated heterocycles. The van der Waals surface area contributed by atoms with Crippen LogP contribution < -0.4 is 16.4 Å². The normalized spacial score (nSPS) is 19.2. The number of carbonyl (C=O) groups excluding carboxylic acids is 1. The Balaban J connectivity index is 1.63. The Morgan fingerprint density at radius 1 is 1.24 bits per heavy atom. The number of rotatable bonds is 4. The number of amides is 1. The van der Waals surface area contributed by atoms with Crippen LogP contribution in [0.5, 0.6) is 0 Å². The zero-order valence-electron chi connectivity index (χ0n) is 13.3. The second kappa shape index (κ2) is 6.79. The van der Waals surface area contributed by atoms with Crippen molar-refractivity contribution in [3.63, 3.8) is 0 Å². The molecule has 25 heavy (non-hydrogen) atoms. The number of nitrogens with two attached hydrogens (primary N) is 1. The van der Waals surface area contributed by atoms with Crippen LogP contribution in [-0.2, 0) is 0 Å². The van der Waals surface area contributed by atoms with Crippen LogP contribution in [0.2, 0.25) is 5.02 Å². The average Bonchev–Trinajstić information content (AvgIpc) is 2.52. The highest BCUT2D eigenvalue weighted by Gasteiger charge is 2.33. The molecule has 132 valence electrons. The Hall–Kier alpha value is -2.48. The predicted octanol–water partition coefficient (Wildman–Crippen LogP) is 2.71. The Labute approximate surface area is 147 Å². The molecule has 1 heterocycles. The molecule has 1 aliphatic rings. The van der Waals surface area contributed by atoms with Crippen LogP contribution in [0, 0.1) is 11.6 Å². The number of nitrogen functional groups attached to an aromatic ring is 1. The summed E-state index contributed by atoms with van der Waals surface area (Å²) in [6, 6.07) is 3.30. The molecule has 1 fully saturated rings. The Morgan fingerprint density at radius 2 is 1.92 bits per heavy atom. The molecule has 1 saturated carbocycles. The highest BCUT2D eigenvalue weighted by atomic mass is 35.5. The largest absolute Gasteiger partial charge is 0.373 e. The van der Waals surface area contributed by atoms with Crippen LogP contribution in [-0.4, -0.2) is 29.0 Å². The van der Waals surface area contributed by atoms with Crippen LogP contribution in [0.1, 0.15) is 34.8 Å². The molecule has 6 nitrogen and oxygen atoms in total. The monoisotopic (exact) mass is 367 g/mol. The first-order chi connectivity index (χ1) is 11.9. The first-order valence-corrected chi connectivity index (χ1v) is 8.02. The van der Waals surface area contributed by atoms with E-state index in [-0.39, 0.29) is 28.5 Å². The third-order valence-electron chi connectivity index (χ3n) is 4.17. The fourth-order valence-electron chi connectivity index (χ4n) is 2.76. The summed E-state index contributed by atoms with van der Waals surface area (Å²) in [6.45, 7) is 0. The maximum Gasteiger partial charge on any atom is 0.253 e. The van der Waals surface area contributed by atoms with Crippen molar-refractivity contribution in [3.8, 4) is 0 Å². The number of hydrogen-bond acceptors (Lipinski definition) is 5. The molecule has 4 N–H and O–H groups in total. The van der Waals surface area contributed by atoms with E-state index in [0.29, 0.717) is 18.7 Å². The lowest BCUT2D eigenvalue weighted by molar-refractivity contribution is 0.0908. The second-order valence-electron chi connectivity index (χ2n) is 5.87. The zero-order chi connectivity index (χ0) is 18.1. The molecular weight excluding hydrogens is 352 g/mol. The van der Waals surface area contributed by atoms with Crippen molar-refractivity contribution in [3.05, 3.63) is 46.1 Å². The van der Waals surface area contributed by atoms with Crippen LogP contribution >= 0.6 is 11.6 Å². The molecule has 0 aliphatic heterocycles. The van der Waals surface area contributed by atoms with Crippen molar-refractivity contribution in [1.82, 2.24) is 15.3 Å². The van der Waals surface area contributed by atoms with Gasteiger partial charge in [-0.05, 0) is 25.0 Å².